The fraction of sp³-hybridized carbons (Fsp3) is 0.462. The molecule has 2 rings (SSSR count). The molecule has 1 heterocycles. The van der Waals surface area contributed by atoms with Gasteiger partial charge in [-0.15, -0.1) is 0 Å². The number of ether oxygens (including phenoxy) is 1. The zero-order chi connectivity index (χ0) is 12.4. The highest BCUT2D eigenvalue weighted by Gasteiger charge is 2.23. The van der Waals surface area contributed by atoms with E-state index in [4.69, 9.17) is 4.74 Å². The molecule has 0 aliphatic carbocycles. The molecule has 90 valence electrons. The molecule has 0 saturated carbocycles. The molecule has 1 aromatic rings. The molecule has 1 fully saturated rings. The SMILES string of the molecule is C[C@@H]1CN(c2ccc(Br)cc2C#N)C[C@H](C)O1. The lowest BCUT2D eigenvalue weighted by atomic mass is 10.1. The quantitative estimate of drug-likeness (QED) is 0.799. The lowest BCUT2D eigenvalue weighted by Gasteiger charge is -2.37. The van der Waals surface area contributed by atoms with Crippen molar-refractivity contribution in [2.75, 3.05) is 18.0 Å². The van der Waals surface area contributed by atoms with Crippen LogP contribution in [0.1, 0.15) is 19.4 Å². The molecule has 0 bridgehead atoms. The first-order chi connectivity index (χ1) is 8.10. The highest BCUT2D eigenvalue weighted by molar-refractivity contribution is 9.10. The number of anilines is 1. The van der Waals surface area contributed by atoms with E-state index in [9.17, 15) is 5.26 Å². The van der Waals surface area contributed by atoms with Crippen LogP contribution in [0.25, 0.3) is 0 Å². The minimum Gasteiger partial charge on any atom is -0.372 e. The molecule has 0 radical (unpaired) electrons. The predicted molar refractivity (Wildman–Crippen MR) is 71.1 cm³/mol. The van der Waals surface area contributed by atoms with Gasteiger partial charge < -0.3 is 9.64 Å². The molecule has 4 heteroatoms. The third kappa shape index (κ3) is 2.80. The van der Waals surface area contributed by atoms with Crippen LogP contribution in [0.4, 0.5) is 5.69 Å². The van der Waals surface area contributed by atoms with Crippen molar-refractivity contribution in [3.63, 3.8) is 0 Å². The second-order valence-corrected chi connectivity index (χ2v) is 5.35. The van der Waals surface area contributed by atoms with E-state index in [2.05, 4.69) is 40.7 Å². The van der Waals surface area contributed by atoms with Gasteiger partial charge in [-0.25, -0.2) is 0 Å². The molecule has 1 saturated heterocycles. The second kappa shape index (κ2) is 5.07. The molecule has 0 unspecified atom stereocenters. The molecule has 2 atom stereocenters. The molecule has 1 aliphatic rings. The molecule has 3 nitrogen and oxygen atoms in total. The van der Waals surface area contributed by atoms with Crippen LogP contribution in [-0.4, -0.2) is 25.3 Å². The number of nitrogens with zero attached hydrogens (tertiary/aromatic N) is 2. The highest BCUT2D eigenvalue weighted by Crippen LogP contribution is 2.26. The second-order valence-electron chi connectivity index (χ2n) is 4.44. The molecule has 0 spiro atoms. The van der Waals surface area contributed by atoms with Crippen LogP contribution < -0.4 is 4.90 Å². The molecule has 0 N–H and O–H groups in total. The molecule has 0 amide bonds. The number of hydrogen-bond acceptors (Lipinski definition) is 3. The van der Waals surface area contributed by atoms with Crippen LogP contribution >= 0.6 is 15.9 Å². The maximum absolute atomic E-state index is 9.18. The van der Waals surface area contributed by atoms with Crippen LogP contribution in [0, 0.1) is 11.3 Å². The van der Waals surface area contributed by atoms with E-state index in [-0.39, 0.29) is 12.2 Å². The molecular weight excluding hydrogens is 280 g/mol. The number of rotatable bonds is 1. The molecular formula is C13H15BrN2O. The van der Waals surface area contributed by atoms with Crippen molar-refractivity contribution in [1.82, 2.24) is 0 Å². The van der Waals surface area contributed by atoms with Crippen molar-refractivity contribution < 1.29 is 4.74 Å². The summed E-state index contributed by atoms with van der Waals surface area (Å²) < 4.78 is 6.64. The van der Waals surface area contributed by atoms with Crippen molar-refractivity contribution in [3.8, 4) is 6.07 Å². The minimum atomic E-state index is 0.203. The van der Waals surface area contributed by atoms with Gasteiger partial charge in [-0.2, -0.15) is 5.26 Å². The monoisotopic (exact) mass is 294 g/mol. The first-order valence-electron chi connectivity index (χ1n) is 5.70. The summed E-state index contributed by atoms with van der Waals surface area (Å²) in [6, 6.07) is 8.08. The first kappa shape index (κ1) is 12.4. The normalized spacial score (nSPS) is 24.5. The summed E-state index contributed by atoms with van der Waals surface area (Å²) in [7, 11) is 0. The standard InChI is InChI=1S/C13H15BrN2O/c1-9-7-16(8-10(2)17-9)13-4-3-12(14)5-11(13)6-15/h3-5,9-10H,7-8H2,1-2H3/t9-,10+. The van der Waals surface area contributed by atoms with Gasteiger partial charge in [-0.3, -0.25) is 0 Å². The van der Waals surface area contributed by atoms with Gasteiger partial charge >= 0.3 is 0 Å². The van der Waals surface area contributed by atoms with E-state index in [1.807, 2.05) is 18.2 Å². The van der Waals surface area contributed by atoms with Gasteiger partial charge in [-0.05, 0) is 32.0 Å². The van der Waals surface area contributed by atoms with Crippen LogP contribution in [0.3, 0.4) is 0 Å². The van der Waals surface area contributed by atoms with Gasteiger partial charge in [0.15, 0.2) is 0 Å². The number of nitriles is 1. The topological polar surface area (TPSA) is 36.3 Å². The Bertz CT molecular complexity index is 445. The maximum Gasteiger partial charge on any atom is 0.101 e. The zero-order valence-electron chi connectivity index (χ0n) is 9.98. The number of hydrogen-bond donors (Lipinski definition) is 0. The van der Waals surface area contributed by atoms with Gasteiger partial charge in [0.25, 0.3) is 0 Å². The Balaban J connectivity index is 2.30. The molecule has 17 heavy (non-hydrogen) atoms. The smallest absolute Gasteiger partial charge is 0.101 e. The Kier molecular flexibility index (Phi) is 3.70. The van der Waals surface area contributed by atoms with Crippen molar-refractivity contribution >= 4 is 21.6 Å². The van der Waals surface area contributed by atoms with E-state index in [0.29, 0.717) is 5.56 Å². The lowest BCUT2D eigenvalue weighted by Crippen LogP contribution is -2.45. The average Bonchev–Trinajstić information content (AvgIpc) is 2.27. The summed E-state index contributed by atoms with van der Waals surface area (Å²) in [6.07, 6.45) is 0.405. The Hall–Kier alpha value is -1.05. The number of benzene rings is 1. The van der Waals surface area contributed by atoms with Crippen LogP contribution in [0.5, 0.6) is 0 Å². The molecule has 1 aliphatic heterocycles. The van der Waals surface area contributed by atoms with Crippen LogP contribution in [0.2, 0.25) is 0 Å². The summed E-state index contributed by atoms with van der Waals surface area (Å²) in [6.45, 7) is 5.79. The van der Waals surface area contributed by atoms with Crippen LogP contribution in [0.15, 0.2) is 22.7 Å². The van der Waals surface area contributed by atoms with Gasteiger partial charge in [0, 0.05) is 17.6 Å². The van der Waals surface area contributed by atoms with Crippen LogP contribution in [-0.2, 0) is 4.74 Å². The third-order valence-corrected chi connectivity index (χ3v) is 3.33. The molecule has 0 aromatic heterocycles. The summed E-state index contributed by atoms with van der Waals surface area (Å²) in [5, 5.41) is 9.18. The summed E-state index contributed by atoms with van der Waals surface area (Å²) in [4.78, 5) is 2.23. The van der Waals surface area contributed by atoms with Crippen molar-refractivity contribution in [2.24, 2.45) is 0 Å². The van der Waals surface area contributed by atoms with E-state index >= 15 is 0 Å². The lowest BCUT2D eigenvalue weighted by molar-refractivity contribution is -0.00522. The minimum absolute atomic E-state index is 0.203. The summed E-state index contributed by atoms with van der Waals surface area (Å²) >= 11 is 3.39. The zero-order valence-corrected chi connectivity index (χ0v) is 11.6. The van der Waals surface area contributed by atoms with E-state index < -0.39 is 0 Å². The Morgan fingerprint density at radius 3 is 2.59 bits per heavy atom. The van der Waals surface area contributed by atoms with Crippen molar-refractivity contribution in [2.45, 2.75) is 26.1 Å². The van der Waals surface area contributed by atoms with E-state index in [1.54, 1.807) is 0 Å². The largest absolute Gasteiger partial charge is 0.372 e. The predicted octanol–water partition coefficient (Wildman–Crippen LogP) is 2.93. The first-order valence-corrected chi connectivity index (χ1v) is 6.49. The Morgan fingerprint density at radius 2 is 2.00 bits per heavy atom. The Labute approximate surface area is 110 Å². The highest BCUT2D eigenvalue weighted by atomic mass is 79.9. The fourth-order valence-electron chi connectivity index (χ4n) is 2.25. The summed E-state index contributed by atoms with van der Waals surface area (Å²) in [5.74, 6) is 0. The third-order valence-electron chi connectivity index (χ3n) is 2.84. The van der Waals surface area contributed by atoms with Gasteiger partial charge in [0.2, 0.25) is 0 Å². The number of morpholine rings is 1. The van der Waals surface area contributed by atoms with Crippen molar-refractivity contribution in [3.05, 3.63) is 28.2 Å². The summed E-state index contributed by atoms with van der Waals surface area (Å²) in [5.41, 5.74) is 1.71. The van der Waals surface area contributed by atoms with E-state index in [1.165, 1.54) is 0 Å². The number of halogens is 1. The molecule has 1 aromatic carbocycles. The fourth-order valence-corrected chi connectivity index (χ4v) is 2.61. The van der Waals surface area contributed by atoms with E-state index in [0.717, 1.165) is 23.2 Å². The van der Waals surface area contributed by atoms with Gasteiger partial charge in [0.05, 0.1) is 23.5 Å². The Morgan fingerprint density at radius 1 is 1.35 bits per heavy atom. The van der Waals surface area contributed by atoms with Crippen molar-refractivity contribution in [1.29, 1.82) is 5.26 Å². The van der Waals surface area contributed by atoms with Gasteiger partial charge in [0.1, 0.15) is 6.07 Å². The average molecular weight is 295 g/mol. The maximum atomic E-state index is 9.18. The van der Waals surface area contributed by atoms with Gasteiger partial charge in [-0.1, -0.05) is 15.9 Å².